The summed E-state index contributed by atoms with van der Waals surface area (Å²) in [6.07, 6.45) is -4.43. The van der Waals surface area contributed by atoms with Crippen molar-refractivity contribution in [2.45, 2.75) is 13.1 Å². The molecule has 0 aliphatic rings. The van der Waals surface area contributed by atoms with Crippen molar-refractivity contribution in [3.8, 4) is 21.4 Å². The van der Waals surface area contributed by atoms with E-state index in [-0.39, 0.29) is 5.01 Å². The molecule has 0 fully saturated rings. The molecule has 3 rings (SSSR count). The van der Waals surface area contributed by atoms with E-state index in [1.807, 2.05) is 12.3 Å². The van der Waals surface area contributed by atoms with Gasteiger partial charge in [0, 0.05) is 16.5 Å². The van der Waals surface area contributed by atoms with Gasteiger partial charge in [0.2, 0.25) is 0 Å². The Morgan fingerprint density at radius 3 is 2.05 bits per heavy atom. The van der Waals surface area contributed by atoms with Crippen LogP contribution in [0.3, 0.4) is 0 Å². The van der Waals surface area contributed by atoms with Gasteiger partial charge < -0.3 is 0 Å². The molecular weight excluding hydrogens is 319 g/mol. The Morgan fingerprint density at radius 2 is 1.52 bits per heavy atom. The summed E-state index contributed by atoms with van der Waals surface area (Å²) < 4.78 is 37.7. The van der Waals surface area contributed by atoms with Crippen LogP contribution in [0.25, 0.3) is 21.4 Å². The monoisotopic (exact) mass is 327 g/mol. The van der Waals surface area contributed by atoms with Crippen molar-refractivity contribution in [3.63, 3.8) is 0 Å². The van der Waals surface area contributed by atoms with Gasteiger partial charge in [0.25, 0.3) is 0 Å². The van der Waals surface area contributed by atoms with Crippen LogP contribution in [-0.2, 0) is 6.18 Å². The van der Waals surface area contributed by atoms with Gasteiger partial charge in [-0.15, -0.1) is 22.7 Å². The van der Waals surface area contributed by atoms with Crippen LogP contribution in [0, 0.1) is 6.92 Å². The molecule has 0 N–H and O–H groups in total. The van der Waals surface area contributed by atoms with Gasteiger partial charge in [-0.1, -0.05) is 6.07 Å². The zero-order chi connectivity index (χ0) is 15.0. The van der Waals surface area contributed by atoms with E-state index in [0.29, 0.717) is 11.4 Å². The summed E-state index contributed by atoms with van der Waals surface area (Å²) in [5.74, 6) is 0. The molecule has 0 aliphatic carbocycles. The van der Waals surface area contributed by atoms with Crippen molar-refractivity contribution in [2.75, 3.05) is 0 Å². The maximum absolute atomic E-state index is 12.6. The van der Waals surface area contributed by atoms with Gasteiger partial charge in [-0.2, -0.15) is 13.2 Å². The van der Waals surface area contributed by atoms with E-state index in [9.17, 15) is 13.2 Å². The lowest BCUT2D eigenvalue weighted by Gasteiger charge is -2.01. The molecule has 3 aromatic rings. The molecule has 0 atom stereocenters. The number of rotatable bonds is 2. The van der Waals surface area contributed by atoms with Crippen LogP contribution in [0.4, 0.5) is 13.2 Å². The first-order valence-electron chi connectivity index (χ1n) is 5.86. The van der Waals surface area contributed by atoms with Crippen LogP contribution >= 0.6 is 22.7 Å². The van der Waals surface area contributed by atoms with Crippen LogP contribution in [-0.4, -0.2) is 15.0 Å². The van der Waals surface area contributed by atoms with Gasteiger partial charge in [0.15, 0.2) is 5.69 Å². The van der Waals surface area contributed by atoms with Gasteiger partial charge in [-0.25, -0.2) is 15.0 Å². The number of aromatic nitrogens is 3. The van der Waals surface area contributed by atoms with E-state index in [1.54, 1.807) is 18.2 Å². The van der Waals surface area contributed by atoms with Gasteiger partial charge >= 0.3 is 6.18 Å². The molecule has 0 aliphatic heterocycles. The Balaban J connectivity index is 1.98. The normalized spacial score (nSPS) is 11.8. The molecule has 3 aromatic heterocycles. The zero-order valence-electron chi connectivity index (χ0n) is 10.7. The minimum absolute atomic E-state index is 0.248. The predicted molar refractivity (Wildman–Crippen MR) is 76.2 cm³/mol. The molecule has 0 saturated carbocycles. The fourth-order valence-corrected chi connectivity index (χ4v) is 3.23. The Bertz CT molecular complexity index is 777. The highest BCUT2D eigenvalue weighted by Gasteiger charge is 2.33. The lowest BCUT2D eigenvalue weighted by molar-refractivity contribution is -0.140. The first-order chi connectivity index (χ1) is 9.93. The number of halogens is 3. The summed E-state index contributed by atoms with van der Waals surface area (Å²) >= 11 is 2.37. The second kappa shape index (κ2) is 5.19. The van der Waals surface area contributed by atoms with E-state index in [4.69, 9.17) is 0 Å². The first kappa shape index (κ1) is 14.2. The predicted octanol–water partition coefficient (Wildman–Crippen LogP) is 4.66. The minimum Gasteiger partial charge on any atom is -0.243 e. The molecular formula is C13H8F3N3S2. The Labute approximate surface area is 126 Å². The highest BCUT2D eigenvalue weighted by molar-refractivity contribution is 7.13. The smallest absolute Gasteiger partial charge is 0.243 e. The number of nitrogens with zero attached hydrogens (tertiary/aromatic N) is 3. The van der Waals surface area contributed by atoms with Crippen LogP contribution in [0.2, 0.25) is 0 Å². The summed E-state index contributed by atoms with van der Waals surface area (Å²) in [7, 11) is 0. The number of pyridine rings is 1. The van der Waals surface area contributed by atoms with Crippen molar-refractivity contribution >= 4 is 22.7 Å². The van der Waals surface area contributed by atoms with Crippen molar-refractivity contribution in [1.29, 1.82) is 0 Å². The summed E-state index contributed by atoms with van der Waals surface area (Å²) in [6, 6.07) is 5.16. The molecule has 21 heavy (non-hydrogen) atoms. The lowest BCUT2D eigenvalue weighted by Crippen LogP contribution is -2.04. The van der Waals surface area contributed by atoms with Crippen LogP contribution in [0.5, 0.6) is 0 Å². The Morgan fingerprint density at radius 1 is 0.905 bits per heavy atom. The molecule has 3 nitrogen and oxygen atoms in total. The summed E-state index contributed by atoms with van der Waals surface area (Å²) in [5.41, 5.74) is 1.05. The number of aryl methyl sites for hydroxylation is 1. The Hall–Kier alpha value is -1.80. The summed E-state index contributed by atoms with van der Waals surface area (Å²) in [4.78, 5) is 12.3. The van der Waals surface area contributed by atoms with Gasteiger partial charge in [0.1, 0.15) is 10.0 Å². The largest absolute Gasteiger partial charge is 0.434 e. The molecule has 108 valence electrons. The summed E-state index contributed by atoms with van der Waals surface area (Å²) in [5, 5.41) is 3.88. The van der Waals surface area contributed by atoms with Crippen molar-refractivity contribution < 1.29 is 13.2 Å². The zero-order valence-corrected chi connectivity index (χ0v) is 12.3. The second-order valence-electron chi connectivity index (χ2n) is 4.24. The highest BCUT2D eigenvalue weighted by Crippen LogP contribution is 2.33. The number of hydrogen-bond donors (Lipinski definition) is 0. The number of thiazole rings is 2. The maximum atomic E-state index is 12.6. The summed E-state index contributed by atoms with van der Waals surface area (Å²) in [6.45, 7) is 1.88. The van der Waals surface area contributed by atoms with Crippen molar-refractivity contribution in [3.05, 3.63) is 40.3 Å². The number of hydrogen-bond acceptors (Lipinski definition) is 5. The molecule has 0 bridgehead atoms. The second-order valence-corrected chi connectivity index (χ2v) is 5.95. The maximum Gasteiger partial charge on any atom is 0.434 e. The minimum atomic E-state index is -4.43. The third kappa shape index (κ3) is 2.96. The van der Waals surface area contributed by atoms with Crippen molar-refractivity contribution in [1.82, 2.24) is 15.0 Å². The highest BCUT2D eigenvalue weighted by atomic mass is 32.1. The molecule has 0 aromatic carbocycles. The fraction of sp³-hybridized carbons (Fsp3) is 0.154. The molecule has 0 spiro atoms. The van der Waals surface area contributed by atoms with E-state index in [2.05, 4.69) is 15.0 Å². The van der Waals surface area contributed by atoms with Gasteiger partial charge in [0.05, 0.1) is 11.4 Å². The lowest BCUT2D eigenvalue weighted by atomic mass is 10.3. The standard InChI is InChI=1S/C13H8F3N3S2/c1-7-5-20-11(17-7)8-3-2-4-9(18-8)12-19-10(6-21-12)13(14,15)16/h2-6H,1H3. The van der Waals surface area contributed by atoms with Gasteiger partial charge in [-0.3, -0.25) is 0 Å². The fourth-order valence-electron chi connectivity index (χ4n) is 1.67. The van der Waals surface area contributed by atoms with E-state index >= 15 is 0 Å². The Kier molecular flexibility index (Phi) is 3.50. The quantitative estimate of drug-likeness (QED) is 0.687. The van der Waals surface area contributed by atoms with E-state index < -0.39 is 11.9 Å². The van der Waals surface area contributed by atoms with E-state index in [0.717, 1.165) is 27.4 Å². The van der Waals surface area contributed by atoms with Gasteiger partial charge in [-0.05, 0) is 19.1 Å². The molecule has 0 saturated heterocycles. The van der Waals surface area contributed by atoms with Crippen LogP contribution < -0.4 is 0 Å². The van der Waals surface area contributed by atoms with Crippen LogP contribution in [0.15, 0.2) is 29.0 Å². The average Bonchev–Trinajstić information content (AvgIpc) is 3.07. The van der Waals surface area contributed by atoms with Crippen LogP contribution in [0.1, 0.15) is 11.4 Å². The average molecular weight is 327 g/mol. The third-order valence-electron chi connectivity index (χ3n) is 2.60. The molecule has 3 heterocycles. The number of alkyl halides is 3. The molecule has 8 heteroatoms. The molecule has 0 amide bonds. The third-order valence-corrected chi connectivity index (χ3v) is 4.45. The topological polar surface area (TPSA) is 38.7 Å². The van der Waals surface area contributed by atoms with Crippen molar-refractivity contribution in [2.24, 2.45) is 0 Å². The molecule has 0 radical (unpaired) electrons. The van der Waals surface area contributed by atoms with E-state index in [1.165, 1.54) is 11.3 Å². The SMILES string of the molecule is Cc1csc(-c2cccc(-c3nc(C(F)(F)F)cs3)n2)n1. The molecule has 0 unspecified atom stereocenters. The first-order valence-corrected chi connectivity index (χ1v) is 7.62.